The number of nitrogens with one attached hydrogen (secondary N) is 1. The lowest BCUT2D eigenvalue weighted by Gasteiger charge is -2.14. The molecule has 0 spiro atoms. The standard InChI is InChI=1S/C18H25NO2.ClH/c1-3-20-13-7-12-19-14-17-16-9-6-5-8-15(16)10-11-18(17)21-4-2;/h5-6,8-11,19H,3-4,7,12-14H2,1-2H3;1H. The molecule has 4 heteroatoms. The number of halogens is 1. The van der Waals surface area contributed by atoms with Gasteiger partial charge in [0.2, 0.25) is 0 Å². The number of hydrogen-bond acceptors (Lipinski definition) is 3. The van der Waals surface area contributed by atoms with E-state index in [4.69, 9.17) is 9.47 Å². The maximum Gasteiger partial charge on any atom is 0.124 e. The molecule has 22 heavy (non-hydrogen) atoms. The molecule has 0 saturated carbocycles. The highest BCUT2D eigenvalue weighted by Gasteiger charge is 2.08. The summed E-state index contributed by atoms with van der Waals surface area (Å²) in [6.45, 7) is 8.12. The Kier molecular flexibility index (Phi) is 8.90. The molecule has 122 valence electrons. The molecule has 0 amide bonds. The van der Waals surface area contributed by atoms with E-state index in [1.807, 2.05) is 13.8 Å². The van der Waals surface area contributed by atoms with E-state index in [1.54, 1.807) is 0 Å². The molecule has 0 unspecified atom stereocenters. The fraction of sp³-hybridized carbons (Fsp3) is 0.444. The highest BCUT2D eigenvalue weighted by Crippen LogP contribution is 2.28. The molecule has 0 aromatic heterocycles. The molecule has 2 rings (SSSR count). The fourth-order valence-electron chi connectivity index (χ4n) is 2.45. The van der Waals surface area contributed by atoms with E-state index in [2.05, 4.69) is 41.7 Å². The molecule has 0 radical (unpaired) electrons. The van der Waals surface area contributed by atoms with Crippen LogP contribution >= 0.6 is 12.4 Å². The van der Waals surface area contributed by atoms with Gasteiger partial charge in [-0.1, -0.05) is 30.3 Å². The molecule has 0 heterocycles. The Balaban J connectivity index is 0.00000242. The van der Waals surface area contributed by atoms with Crippen LogP contribution in [-0.2, 0) is 11.3 Å². The zero-order valence-electron chi connectivity index (χ0n) is 13.4. The van der Waals surface area contributed by atoms with Gasteiger partial charge >= 0.3 is 0 Å². The summed E-state index contributed by atoms with van der Waals surface area (Å²) in [4.78, 5) is 0. The highest BCUT2D eigenvalue weighted by atomic mass is 35.5. The lowest BCUT2D eigenvalue weighted by Crippen LogP contribution is -2.17. The summed E-state index contributed by atoms with van der Waals surface area (Å²) in [6.07, 6.45) is 1.03. The number of fused-ring (bicyclic) bond motifs is 1. The third kappa shape index (κ3) is 5.16. The molecule has 0 saturated heterocycles. The summed E-state index contributed by atoms with van der Waals surface area (Å²) in [7, 11) is 0. The Morgan fingerprint density at radius 3 is 2.59 bits per heavy atom. The van der Waals surface area contributed by atoms with E-state index < -0.39 is 0 Å². The molecule has 0 aliphatic rings. The van der Waals surface area contributed by atoms with Crippen molar-refractivity contribution in [1.29, 1.82) is 0 Å². The van der Waals surface area contributed by atoms with Crippen LogP contribution in [0.15, 0.2) is 36.4 Å². The van der Waals surface area contributed by atoms with Crippen LogP contribution < -0.4 is 10.1 Å². The molecule has 0 aliphatic heterocycles. The number of hydrogen-bond donors (Lipinski definition) is 1. The molecule has 0 atom stereocenters. The second-order valence-electron chi connectivity index (χ2n) is 4.92. The Morgan fingerprint density at radius 2 is 1.82 bits per heavy atom. The zero-order valence-corrected chi connectivity index (χ0v) is 14.2. The van der Waals surface area contributed by atoms with Crippen molar-refractivity contribution >= 4 is 23.2 Å². The summed E-state index contributed by atoms with van der Waals surface area (Å²) in [5, 5.41) is 6.01. The van der Waals surface area contributed by atoms with Crippen molar-refractivity contribution < 1.29 is 9.47 Å². The van der Waals surface area contributed by atoms with E-state index in [0.29, 0.717) is 6.61 Å². The van der Waals surface area contributed by atoms with Crippen molar-refractivity contribution in [3.05, 3.63) is 42.0 Å². The number of benzene rings is 2. The van der Waals surface area contributed by atoms with Crippen LogP contribution in [0.4, 0.5) is 0 Å². The first-order valence-corrected chi connectivity index (χ1v) is 7.78. The van der Waals surface area contributed by atoms with E-state index in [1.165, 1.54) is 16.3 Å². The Hall–Kier alpha value is -1.29. The van der Waals surface area contributed by atoms with Crippen molar-refractivity contribution in [2.45, 2.75) is 26.8 Å². The molecule has 3 nitrogen and oxygen atoms in total. The van der Waals surface area contributed by atoms with Gasteiger partial charge in [-0.3, -0.25) is 0 Å². The Labute approximate surface area is 139 Å². The summed E-state index contributed by atoms with van der Waals surface area (Å²) in [5.41, 5.74) is 1.24. The van der Waals surface area contributed by atoms with Crippen LogP contribution in [0.2, 0.25) is 0 Å². The van der Waals surface area contributed by atoms with Gasteiger partial charge in [-0.05, 0) is 43.7 Å². The molecule has 1 N–H and O–H groups in total. The van der Waals surface area contributed by atoms with Gasteiger partial charge in [0.1, 0.15) is 5.75 Å². The van der Waals surface area contributed by atoms with Gasteiger partial charge in [-0.2, -0.15) is 0 Å². The van der Waals surface area contributed by atoms with E-state index in [9.17, 15) is 0 Å². The SMILES string of the molecule is CCOCCCNCc1c(OCC)ccc2ccccc12.Cl. The van der Waals surface area contributed by atoms with Crippen molar-refractivity contribution in [2.24, 2.45) is 0 Å². The molecule has 0 fully saturated rings. The molecular formula is C18H26ClNO2. The van der Waals surface area contributed by atoms with E-state index in [0.717, 1.165) is 38.5 Å². The van der Waals surface area contributed by atoms with Crippen LogP contribution in [-0.4, -0.2) is 26.4 Å². The van der Waals surface area contributed by atoms with Gasteiger partial charge in [-0.15, -0.1) is 12.4 Å². The van der Waals surface area contributed by atoms with Gasteiger partial charge in [0.05, 0.1) is 6.61 Å². The largest absolute Gasteiger partial charge is 0.494 e. The van der Waals surface area contributed by atoms with Gasteiger partial charge < -0.3 is 14.8 Å². The smallest absolute Gasteiger partial charge is 0.124 e. The first-order valence-electron chi connectivity index (χ1n) is 7.78. The molecule has 2 aromatic rings. The molecule has 2 aromatic carbocycles. The molecular weight excluding hydrogens is 298 g/mol. The number of rotatable bonds is 9. The Morgan fingerprint density at radius 1 is 1.00 bits per heavy atom. The topological polar surface area (TPSA) is 30.5 Å². The van der Waals surface area contributed by atoms with Gasteiger partial charge in [0, 0.05) is 25.3 Å². The summed E-state index contributed by atoms with van der Waals surface area (Å²) < 4.78 is 11.1. The first-order chi connectivity index (χ1) is 10.4. The van der Waals surface area contributed by atoms with Crippen LogP contribution in [0.25, 0.3) is 10.8 Å². The second-order valence-corrected chi connectivity index (χ2v) is 4.92. The van der Waals surface area contributed by atoms with E-state index in [-0.39, 0.29) is 12.4 Å². The quantitative estimate of drug-likeness (QED) is 0.702. The average Bonchev–Trinajstić information content (AvgIpc) is 2.52. The Bertz CT molecular complexity index is 560. The van der Waals surface area contributed by atoms with Gasteiger partial charge in [0.15, 0.2) is 0 Å². The summed E-state index contributed by atoms with van der Waals surface area (Å²) in [6, 6.07) is 12.7. The lowest BCUT2D eigenvalue weighted by atomic mass is 10.0. The third-order valence-electron chi connectivity index (χ3n) is 3.45. The lowest BCUT2D eigenvalue weighted by molar-refractivity contribution is 0.144. The predicted octanol–water partition coefficient (Wildman–Crippen LogP) is 4.18. The summed E-state index contributed by atoms with van der Waals surface area (Å²) >= 11 is 0. The minimum atomic E-state index is 0. The van der Waals surface area contributed by atoms with Crippen LogP contribution in [0, 0.1) is 0 Å². The fourth-order valence-corrected chi connectivity index (χ4v) is 2.45. The highest BCUT2D eigenvalue weighted by molar-refractivity contribution is 5.87. The maximum atomic E-state index is 5.78. The van der Waals surface area contributed by atoms with Gasteiger partial charge in [0.25, 0.3) is 0 Å². The van der Waals surface area contributed by atoms with Crippen molar-refractivity contribution in [3.63, 3.8) is 0 Å². The van der Waals surface area contributed by atoms with Crippen molar-refractivity contribution in [3.8, 4) is 5.75 Å². The minimum absolute atomic E-state index is 0. The van der Waals surface area contributed by atoms with Crippen LogP contribution in [0.1, 0.15) is 25.8 Å². The first kappa shape index (κ1) is 18.8. The number of ether oxygens (including phenoxy) is 2. The zero-order chi connectivity index (χ0) is 14.9. The normalized spacial score (nSPS) is 10.5. The molecule has 0 aliphatic carbocycles. The third-order valence-corrected chi connectivity index (χ3v) is 3.45. The van der Waals surface area contributed by atoms with E-state index >= 15 is 0 Å². The van der Waals surface area contributed by atoms with Gasteiger partial charge in [-0.25, -0.2) is 0 Å². The maximum absolute atomic E-state index is 5.78. The average molecular weight is 324 g/mol. The van der Waals surface area contributed by atoms with Crippen molar-refractivity contribution in [1.82, 2.24) is 5.32 Å². The van der Waals surface area contributed by atoms with Crippen molar-refractivity contribution in [2.75, 3.05) is 26.4 Å². The second kappa shape index (κ2) is 10.4. The monoisotopic (exact) mass is 323 g/mol. The van der Waals surface area contributed by atoms with Crippen LogP contribution in [0.3, 0.4) is 0 Å². The minimum Gasteiger partial charge on any atom is -0.494 e. The predicted molar refractivity (Wildman–Crippen MR) is 95.2 cm³/mol. The van der Waals surface area contributed by atoms with Crippen LogP contribution in [0.5, 0.6) is 5.75 Å². The summed E-state index contributed by atoms with van der Waals surface area (Å²) in [5.74, 6) is 0.980. The molecule has 0 bridgehead atoms.